The second-order valence-corrected chi connectivity index (χ2v) is 10.2. The first kappa shape index (κ1) is 21.2. The SMILES string of the molecule is Cc1ccc(/C=C2\CCCC3=C2N=C2SC=C(c4ccccc4)N2C3c2ccc(C)cc2)cc1. The van der Waals surface area contributed by atoms with Crippen molar-refractivity contribution in [1.29, 1.82) is 0 Å². The maximum Gasteiger partial charge on any atom is 0.174 e. The minimum absolute atomic E-state index is 0.172. The van der Waals surface area contributed by atoms with Gasteiger partial charge in [-0.2, -0.15) is 0 Å². The summed E-state index contributed by atoms with van der Waals surface area (Å²) in [7, 11) is 0. The number of hydrogen-bond donors (Lipinski definition) is 0. The summed E-state index contributed by atoms with van der Waals surface area (Å²) in [6.07, 6.45) is 5.67. The van der Waals surface area contributed by atoms with Crippen LogP contribution in [0.25, 0.3) is 11.8 Å². The molecule has 1 atom stereocenters. The van der Waals surface area contributed by atoms with Crippen LogP contribution in [0.3, 0.4) is 0 Å². The van der Waals surface area contributed by atoms with E-state index in [1.54, 1.807) is 11.8 Å². The van der Waals surface area contributed by atoms with Crippen LogP contribution in [0.1, 0.15) is 53.1 Å². The minimum atomic E-state index is 0.172. The van der Waals surface area contributed by atoms with Gasteiger partial charge in [0.05, 0.1) is 17.4 Å². The molecule has 0 fully saturated rings. The molecule has 2 heterocycles. The Bertz CT molecular complexity index is 1340. The highest BCUT2D eigenvalue weighted by molar-refractivity contribution is 8.16. The van der Waals surface area contributed by atoms with Crippen molar-refractivity contribution in [2.75, 3.05) is 0 Å². The highest BCUT2D eigenvalue weighted by Gasteiger charge is 2.40. The van der Waals surface area contributed by atoms with Crippen LogP contribution in [-0.4, -0.2) is 10.1 Å². The molecule has 0 amide bonds. The molecule has 0 saturated heterocycles. The Morgan fingerprint density at radius 3 is 2.29 bits per heavy atom. The van der Waals surface area contributed by atoms with Crippen LogP contribution < -0.4 is 0 Å². The number of hydrogen-bond acceptors (Lipinski definition) is 3. The summed E-state index contributed by atoms with van der Waals surface area (Å²) in [5, 5.41) is 3.36. The molecule has 0 N–H and O–H groups in total. The minimum Gasteiger partial charge on any atom is -0.308 e. The lowest BCUT2D eigenvalue weighted by atomic mass is 9.82. The van der Waals surface area contributed by atoms with E-state index < -0.39 is 0 Å². The molecule has 0 bridgehead atoms. The van der Waals surface area contributed by atoms with E-state index >= 15 is 0 Å². The van der Waals surface area contributed by atoms with E-state index in [0.29, 0.717) is 0 Å². The molecule has 2 nitrogen and oxygen atoms in total. The van der Waals surface area contributed by atoms with Gasteiger partial charge in [0.15, 0.2) is 5.17 Å². The van der Waals surface area contributed by atoms with Gasteiger partial charge in [0.1, 0.15) is 0 Å². The van der Waals surface area contributed by atoms with Gasteiger partial charge in [-0.1, -0.05) is 102 Å². The maximum absolute atomic E-state index is 5.29. The third kappa shape index (κ3) is 3.84. The van der Waals surface area contributed by atoms with E-state index in [2.05, 4.69) is 109 Å². The summed E-state index contributed by atoms with van der Waals surface area (Å²) in [6, 6.07) is 28.8. The summed E-state index contributed by atoms with van der Waals surface area (Å²) >= 11 is 1.75. The predicted octanol–water partition coefficient (Wildman–Crippen LogP) is 8.28. The van der Waals surface area contributed by atoms with Crippen LogP contribution in [0.2, 0.25) is 0 Å². The van der Waals surface area contributed by atoms with Gasteiger partial charge < -0.3 is 4.90 Å². The number of aryl methyl sites for hydroxylation is 2. The predicted molar refractivity (Wildman–Crippen MR) is 145 cm³/mol. The first-order valence-corrected chi connectivity index (χ1v) is 12.9. The van der Waals surface area contributed by atoms with Crippen molar-refractivity contribution < 1.29 is 0 Å². The van der Waals surface area contributed by atoms with Crippen molar-refractivity contribution in [2.45, 2.75) is 39.2 Å². The zero-order valence-corrected chi connectivity index (χ0v) is 20.5. The topological polar surface area (TPSA) is 15.6 Å². The summed E-state index contributed by atoms with van der Waals surface area (Å²) in [5.41, 5.74) is 11.7. The number of benzene rings is 3. The van der Waals surface area contributed by atoms with E-state index in [9.17, 15) is 0 Å². The van der Waals surface area contributed by atoms with Crippen LogP contribution in [0.15, 0.2) is 106 Å². The number of amidine groups is 1. The number of rotatable bonds is 3. The van der Waals surface area contributed by atoms with Crippen molar-refractivity contribution in [2.24, 2.45) is 4.99 Å². The standard InChI is InChI=1S/C31H28N2S/c1-21-11-15-23(16-12-21)19-26-9-6-10-27-29(26)32-31-33(30(27)25-17-13-22(2)14-18-25)28(20-34-31)24-7-4-3-5-8-24/h3-5,7-8,11-20,30H,6,9-10H2,1-2H3/b26-19+. The van der Waals surface area contributed by atoms with Gasteiger partial charge in [0.25, 0.3) is 0 Å². The van der Waals surface area contributed by atoms with Gasteiger partial charge in [-0.3, -0.25) is 0 Å². The number of thioether (sulfide) groups is 1. The Labute approximate surface area is 206 Å². The van der Waals surface area contributed by atoms with E-state index in [4.69, 9.17) is 4.99 Å². The van der Waals surface area contributed by atoms with Gasteiger partial charge >= 0.3 is 0 Å². The fraction of sp³-hybridized carbons (Fsp3) is 0.194. The van der Waals surface area contributed by atoms with Crippen LogP contribution in [0, 0.1) is 13.8 Å². The normalized spacial score (nSPS) is 20.7. The average molecular weight is 461 g/mol. The summed E-state index contributed by atoms with van der Waals surface area (Å²) in [5.74, 6) is 0. The Hall–Kier alpha value is -3.30. The lowest BCUT2D eigenvalue weighted by molar-refractivity contribution is 0.458. The molecule has 1 unspecified atom stereocenters. The fourth-order valence-corrected chi connectivity index (χ4v) is 6.08. The van der Waals surface area contributed by atoms with Gasteiger partial charge in [-0.25, -0.2) is 4.99 Å². The molecule has 168 valence electrons. The third-order valence-electron chi connectivity index (χ3n) is 6.92. The highest BCUT2D eigenvalue weighted by Crippen LogP contribution is 2.51. The molecule has 0 saturated carbocycles. The molecule has 3 aliphatic rings. The summed E-state index contributed by atoms with van der Waals surface area (Å²) < 4.78 is 0. The molecule has 0 spiro atoms. The van der Waals surface area contributed by atoms with E-state index in [-0.39, 0.29) is 6.04 Å². The van der Waals surface area contributed by atoms with E-state index in [1.807, 2.05) is 0 Å². The van der Waals surface area contributed by atoms with E-state index in [0.717, 1.165) is 24.4 Å². The number of fused-ring (bicyclic) bond motifs is 1. The van der Waals surface area contributed by atoms with Crippen molar-refractivity contribution >= 4 is 28.7 Å². The molecular formula is C31H28N2S. The molecular weight excluding hydrogens is 432 g/mol. The Morgan fingerprint density at radius 2 is 1.56 bits per heavy atom. The van der Waals surface area contributed by atoms with Gasteiger partial charge in [-0.15, -0.1) is 0 Å². The van der Waals surface area contributed by atoms with Crippen molar-refractivity contribution in [3.63, 3.8) is 0 Å². The zero-order valence-electron chi connectivity index (χ0n) is 19.7. The Balaban J connectivity index is 1.49. The second-order valence-electron chi connectivity index (χ2n) is 9.37. The molecule has 2 aliphatic heterocycles. The van der Waals surface area contributed by atoms with Crippen molar-refractivity contribution in [1.82, 2.24) is 4.90 Å². The summed E-state index contributed by atoms with van der Waals surface area (Å²) in [4.78, 5) is 7.77. The second kappa shape index (κ2) is 8.81. The number of nitrogens with zero attached hydrogens (tertiary/aromatic N) is 2. The molecule has 34 heavy (non-hydrogen) atoms. The molecule has 1 aliphatic carbocycles. The lowest BCUT2D eigenvalue weighted by Gasteiger charge is -2.40. The molecule has 0 radical (unpaired) electrons. The maximum atomic E-state index is 5.29. The van der Waals surface area contributed by atoms with Crippen LogP contribution in [-0.2, 0) is 0 Å². The first-order valence-electron chi connectivity index (χ1n) is 12.0. The molecule has 3 aromatic rings. The van der Waals surface area contributed by atoms with Gasteiger partial charge in [0, 0.05) is 5.41 Å². The number of allylic oxidation sites excluding steroid dienone is 1. The Kier molecular flexibility index (Phi) is 5.50. The average Bonchev–Trinajstić information content (AvgIpc) is 3.29. The first-order chi connectivity index (χ1) is 16.7. The largest absolute Gasteiger partial charge is 0.308 e. The molecule has 3 aromatic carbocycles. The Morgan fingerprint density at radius 1 is 0.853 bits per heavy atom. The molecule has 3 heteroatoms. The van der Waals surface area contributed by atoms with Crippen LogP contribution in [0.5, 0.6) is 0 Å². The van der Waals surface area contributed by atoms with E-state index in [1.165, 1.54) is 50.4 Å². The summed E-state index contributed by atoms with van der Waals surface area (Å²) in [6.45, 7) is 4.30. The fourth-order valence-electron chi connectivity index (χ4n) is 5.15. The molecule has 0 aromatic heterocycles. The zero-order chi connectivity index (χ0) is 23.1. The highest BCUT2D eigenvalue weighted by atomic mass is 32.2. The van der Waals surface area contributed by atoms with Gasteiger partial charge in [0.2, 0.25) is 0 Å². The smallest absolute Gasteiger partial charge is 0.174 e. The van der Waals surface area contributed by atoms with Crippen LogP contribution >= 0.6 is 11.8 Å². The molecule has 6 rings (SSSR count). The number of aliphatic imine (C=N–C) groups is 1. The third-order valence-corrected chi connectivity index (χ3v) is 7.76. The van der Waals surface area contributed by atoms with Crippen LogP contribution in [0.4, 0.5) is 0 Å². The van der Waals surface area contributed by atoms with Gasteiger partial charge in [-0.05, 0) is 67.0 Å². The lowest BCUT2D eigenvalue weighted by Crippen LogP contribution is -2.34. The monoisotopic (exact) mass is 460 g/mol. The van der Waals surface area contributed by atoms with Crippen molar-refractivity contribution in [3.05, 3.63) is 129 Å². The quantitative estimate of drug-likeness (QED) is 0.391. The van der Waals surface area contributed by atoms with Crippen molar-refractivity contribution in [3.8, 4) is 0 Å².